The highest BCUT2D eigenvalue weighted by atomic mass is 32.2. The Hall–Kier alpha value is -1.53. The molecule has 3 N–H and O–H groups in total. The first-order valence-corrected chi connectivity index (χ1v) is 7.38. The number of anilines is 1. The number of nitrogens with one attached hydrogen (secondary N) is 2. The molecule has 2 aromatic rings. The van der Waals surface area contributed by atoms with Crippen molar-refractivity contribution in [3.63, 3.8) is 0 Å². The average molecular weight is 277 g/mol. The van der Waals surface area contributed by atoms with E-state index in [0.29, 0.717) is 18.5 Å². The van der Waals surface area contributed by atoms with Crippen LogP contribution in [-0.2, 0) is 4.79 Å². The zero-order chi connectivity index (χ0) is 13.3. The van der Waals surface area contributed by atoms with Crippen molar-refractivity contribution in [3.8, 4) is 0 Å². The van der Waals surface area contributed by atoms with Crippen LogP contribution in [-0.4, -0.2) is 38.3 Å². The molecule has 0 atom stereocenters. The molecule has 1 fully saturated rings. The predicted molar refractivity (Wildman–Crippen MR) is 76.2 cm³/mol. The molecule has 6 heteroatoms. The van der Waals surface area contributed by atoms with Gasteiger partial charge in [-0.2, -0.15) is 16.9 Å². The van der Waals surface area contributed by atoms with Gasteiger partial charge in [0.15, 0.2) is 0 Å². The van der Waals surface area contributed by atoms with Crippen LogP contribution in [0.25, 0.3) is 10.9 Å². The summed E-state index contributed by atoms with van der Waals surface area (Å²) in [7, 11) is 0. The number of hydrogen-bond donors (Lipinski definition) is 3. The van der Waals surface area contributed by atoms with Crippen LogP contribution in [0.3, 0.4) is 0 Å². The molecule has 1 saturated heterocycles. The molecular weight excluding hydrogens is 262 g/mol. The van der Waals surface area contributed by atoms with Gasteiger partial charge in [-0.1, -0.05) is 12.1 Å². The van der Waals surface area contributed by atoms with Gasteiger partial charge >= 0.3 is 0 Å². The first-order chi connectivity index (χ1) is 9.19. The summed E-state index contributed by atoms with van der Waals surface area (Å²) in [4.78, 5) is 12.3. The number of hydrogen-bond acceptors (Lipinski definition) is 4. The van der Waals surface area contributed by atoms with E-state index in [9.17, 15) is 9.90 Å². The number of aromatic nitrogens is 2. The maximum absolute atomic E-state index is 12.3. The van der Waals surface area contributed by atoms with Crippen LogP contribution in [0, 0.1) is 0 Å². The van der Waals surface area contributed by atoms with Gasteiger partial charge in [-0.3, -0.25) is 9.89 Å². The maximum Gasteiger partial charge on any atom is 0.256 e. The molecule has 0 saturated carbocycles. The van der Waals surface area contributed by atoms with E-state index < -0.39 is 5.60 Å². The molecule has 0 radical (unpaired) electrons. The summed E-state index contributed by atoms with van der Waals surface area (Å²) >= 11 is 1.77. The van der Waals surface area contributed by atoms with Crippen LogP contribution in [0.4, 0.5) is 5.69 Å². The van der Waals surface area contributed by atoms with E-state index in [4.69, 9.17) is 0 Å². The number of benzene rings is 1. The lowest BCUT2D eigenvalue weighted by atomic mass is 9.95. The standard InChI is InChI=1S/C13H15N3O2S/c17-12(13(18)4-6-19-7-5-13)15-10-3-1-2-9-8-14-16-11(9)10/h1-3,8,18H,4-7H2,(H,14,16)(H,15,17). The van der Waals surface area contributed by atoms with Crippen molar-refractivity contribution in [3.05, 3.63) is 24.4 Å². The Morgan fingerprint density at radius 1 is 1.42 bits per heavy atom. The van der Waals surface area contributed by atoms with Gasteiger partial charge in [-0.15, -0.1) is 0 Å². The third kappa shape index (κ3) is 2.33. The van der Waals surface area contributed by atoms with Crippen molar-refractivity contribution in [2.24, 2.45) is 0 Å². The lowest BCUT2D eigenvalue weighted by Crippen LogP contribution is -2.45. The minimum absolute atomic E-state index is 0.324. The van der Waals surface area contributed by atoms with Crippen LogP contribution in [0.1, 0.15) is 12.8 Å². The minimum Gasteiger partial charge on any atom is -0.380 e. The SMILES string of the molecule is O=C(Nc1cccc2cn[nH]c12)C1(O)CCSCC1. The first-order valence-electron chi connectivity index (χ1n) is 6.23. The Labute approximate surface area is 114 Å². The number of rotatable bonds is 2. The van der Waals surface area contributed by atoms with Crippen molar-refractivity contribution >= 4 is 34.3 Å². The molecule has 0 unspecified atom stereocenters. The number of nitrogens with zero attached hydrogens (tertiary/aromatic N) is 1. The molecule has 1 aromatic carbocycles. The molecule has 0 spiro atoms. The second-order valence-electron chi connectivity index (χ2n) is 4.74. The summed E-state index contributed by atoms with van der Waals surface area (Å²) in [5.41, 5.74) is 0.198. The largest absolute Gasteiger partial charge is 0.380 e. The Kier molecular flexibility index (Phi) is 3.20. The van der Waals surface area contributed by atoms with Crippen molar-refractivity contribution in [2.75, 3.05) is 16.8 Å². The maximum atomic E-state index is 12.3. The number of thioether (sulfide) groups is 1. The summed E-state index contributed by atoms with van der Waals surface area (Å²) < 4.78 is 0. The lowest BCUT2D eigenvalue weighted by molar-refractivity contribution is -0.134. The zero-order valence-corrected chi connectivity index (χ0v) is 11.2. The van der Waals surface area contributed by atoms with E-state index in [1.807, 2.05) is 12.1 Å². The van der Waals surface area contributed by atoms with E-state index in [1.165, 1.54) is 0 Å². The summed E-state index contributed by atoms with van der Waals surface area (Å²) in [5.74, 6) is 1.31. The first kappa shape index (κ1) is 12.5. The smallest absolute Gasteiger partial charge is 0.256 e. The fourth-order valence-corrected chi connectivity index (χ4v) is 3.42. The van der Waals surface area contributed by atoms with Gasteiger partial charge < -0.3 is 10.4 Å². The molecule has 19 heavy (non-hydrogen) atoms. The summed E-state index contributed by atoms with van der Waals surface area (Å²) in [6.07, 6.45) is 2.71. The van der Waals surface area contributed by atoms with Gasteiger partial charge in [-0.25, -0.2) is 0 Å². The topological polar surface area (TPSA) is 78.0 Å². The number of para-hydroxylation sites is 1. The van der Waals surface area contributed by atoms with Crippen LogP contribution < -0.4 is 5.32 Å². The highest BCUT2D eigenvalue weighted by Crippen LogP contribution is 2.29. The van der Waals surface area contributed by atoms with Gasteiger partial charge in [-0.05, 0) is 30.4 Å². The van der Waals surface area contributed by atoms with Crippen molar-refractivity contribution < 1.29 is 9.90 Å². The zero-order valence-electron chi connectivity index (χ0n) is 10.3. The van der Waals surface area contributed by atoms with Gasteiger partial charge in [0.2, 0.25) is 0 Å². The van der Waals surface area contributed by atoms with Gasteiger partial charge in [0.1, 0.15) is 5.60 Å². The quantitative estimate of drug-likeness (QED) is 0.781. The number of carbonyl (C=O) groups is 1. The number of aliphatic hydroxyl groups is 1. The molecule has 2 heterocycles. The summed E-state index contributed by atoms with van der Waals surface area (Å²) in [5, 5.41) is 20.9. The number of aromatic amines is 1. The van der Waals surface area contributed by atoms with Crippen molar-refractivity contribution in [1.82, 2.24) is 10.2 Å². The minimum atomic E-state index is -1.24. The monoisotopic (exact) mass is 277 g/mol. The normalized spacial score (nSPS) is 18.4. The third-order valence-electron chi connectivity index (χ3n) is 3.47. The predicted octanol–water partition coefficient (Wildman–Crippen LogP) is 1.76. The fourth-order valence-electron chi connectivity index (χ4n) is 2.25. The Balaban J connectivity index is 1.84. The molecule has 0 aliphatic carbocycles. The Morgan fingerprint density at radius 2 is 2.21 bits per heavy atom. The average Bonchev–Trinajstić information content (AvgIpc) is 2.89. The van der Waals surface area contributed by atoms with Crippen LogP contribution in [0.5, 0.6) is 0 Å². The Morgan fingerprint density at radius 3 is 3.00 bits per heavy atom. The van der Waals surface area contributed by atoms with Crippen molar-refractivity contribution in [1.29, 1.82) is 0 Å². The van der Waals surface area contributed by atoms with Crippen LogP contribution in [0.15, 0.2) is 24.4 Å². The lowest BCUT2D eigenvalue weighted by Gasteiger charge is -2.30. The molecule has 3 rings (SSSR count). The summed E-state index contributed by atoms with van der Waals surface area (Å²) in [6, 6.07) is 5.58. The Bertz CT molecular complexity index is 605. The number of H-pyrrole nitrogens is 1. The highest BCUT2D eigenvalue weighted by Gasteiger charge is 2.37. The van der Waals surface area contributed by atoms with Gasteiger partial charge in [0.25, 0.3) is 5.91 Å². The van der Waals surface area contributed by atoms with Crippen LogP contribution in [0.2, 0.25) is 0 Å². The number of amides is 1. The highest BCUT2D eigenvalue weighted by molar-refractivity contribution is 7.99. The van der Waals surface area contributed by atoms with E-state index in [2.05, 4.69) is 15.5 Å². The fraction of sp³-hybridized carbons (Fsp3) is 0.385. The molecule has 1 aromatic heterocycles. The molecule has 0 bridgehead atoms. The second kappa shape index (κ2) is 4.86. The number of fused-ring (bicyclic) bond motifs is 1. The second-order valence-corrected chi connectivity index (χ2v) is 5.96. The van der Waals surface area contributed by atoms with E-state index in [1.54, 1.807) is 24.0 Å². The number of carbonyl (C=O) groups excluding carboxylic acids is 1. The van der Waals surface area contributed by atoms with Gasteiger partial charge in [0, 0.05) is 5.39 Å². The van der Waals surface area contributed by atoms with Crippen molar-refractivity contribution in [2.45, 2.75) is 18.4 Å². The third-order valence-corrected chi connectivity index (χ3v) is 4.45. The van der Waals surface area contributed by atoms with Gasteiger partial charge in [0.05, 0.1) is 17.4 Å². The molecule has 1 aliphatic heterocycles. The van der Waals surface area contributed by atoms with Crippen LogP contribution >= 0.6 is 11.8 Å². The molecule has 5 nitrogen and oxygen atoms in total. The van der Waals surface area contributed by atoms with E-state index >= 15 is 0 Å². The molecule has 100 valence electrons. The van der Waals surface area contributed by atoms with E-state index in [-0.39, 0.29) is 5.91 Å². The molecular formula is C13H15N3O2S. The van der Waals surface area contributed by atoms with E-state index in [0.717, 1.165) is 22.4 Å². The summed E-state index contributed by atoms with van der Waals surface area (Å²) in [6.45, 7) is 0. The molecule has 1 amide bonds. The molecule has 1 aliphatic rings.